The van der Waals surface area contributed by atoms with Crippen LogP contribution in [0.15, 0.2) is 0 Å². The van der Waals surface area contributed by atoms with E-state index in [1.54, 1.807) is 0 Å². The van der Waals surface area contributed by atoms with E-state index in [0.29, 0.717) is 5.37 Å². The number of unbranched alkanes of at least 4 members (excludes halogenated alkanes) is 1. The first-order valence-corrected chi connectivity index (χ1v) is 4.88. The monoisotopic (exact) mass is 160 g/mol. The summed E-state index contributed by atoms with van der Waals surface area (Å²) in [5, 5.41) is 1.28. The van der Waals surface area contributed by atoms with Gasteiger partial charge in [0.1, 0.15) is 0 Å². The average molecular weight is 160 g/mol. The molecule has 1 aliphatic rings. The Morgan fingerprint density at radius 2 is 2.10 bits per heavy atom. The molecule has 0 aromatic heterocycles. The Balaban J connectivity index is 1.86. The Morgan fingerprint density at radius 1 is 1.40 bits per heavy atom. The van der Waals surface area contributed by atoms with Gasteiger partial charge in [0.05, 0.1) is 5.37 Å². The molecular weight excluding hydrogens is 144 g/mol. The third kappa shape index (κ3) is 2.48. The topological polar surface area (TPSA) is 52.0 Å². The zero-order chi connectivity index (χ0) is 7.40. The number of rotatable bonds is 4. The molecule has 0 aromatic carbocycles. The molecule has 2 atom stereocenters. The summed E-state index contributed by atoms with van der Waals surface area (Å²) in [4.78, 5) is 0. The van der Waals surface area contributed by atoms with E-state index < -0.39 is 0 Å². The van der Waals surface area contributed by atoms with Crippen LogP contribution in [0.3, 0.4) is 0 Å². The summed E-state index contributed by atoms with van der Waals surface area (Å²) in [6.07, 6.45) is 4.98. The van der Waals surface area contributed by atoms with Gasteiger partial charge in [-0.05, 0) is 25.8 Å². The summed E-state index contributed by atoms with van der Waals surface area (Å²) < 4.78 is 0. The number of hydrogen-bond donors (Lipinski definition) is 2. The second-order valence-electron chi connectivity index (χ2n) is 2.82. The molecule has 0 spiro atoms. The molecular formula is C7H16N2S. The summed E-state index contributed by atoms with van der Waals surface area (Å²) >= 11 is 1.92. The highest BCUT2D eigenvalue weighted by Gasteiger charge is 2.25. The molecule has 0 radical (unpaired) electrons. The maximum Gasteiger partial charge on any atom is 0.0520 e. The van der Waals surface area contributed by atoms with Crippen molar-refractivity contribution in [3.05, 3.63) is 0 Å². The highest BCUT2D eigenvalue weighted by atomic mass is 32.2. The summed E-state index contributed by atoms with van der Waals surface area (Å²) in [5.41, 5.74) is 11.0. The fraction of sp³-hybridized carbons (Fsp3) is 1.00. The Bertz CT molecular complexity index is 91.6. The van der Waals surface area contributed by atoms with Crippen molar-refractivity contribution in [2.24, 2.45) is 11.5 Å². The van der Waals surface area contributed by atoms with E-state index in [-0.39, 0.29) is 0 Å². The highest BCUT2D eigenvalue weighted by Crippen LogP contribution is 2.35. The van der Waals surface area contributed by atoms with Gasteiger partial charge >= 0.3 is 0 Å². The molecule has 4 N–H and O–H groups in total. The molecule has 2 unspecified atom stereocenters. The third-order valence-corrected chi connectivity index (χ3v) is 3.20. The fourth-order valence-corrected chi connectivity index (χ4v) is 2.30. The summed E-state index contributed by atoms with van der Waals surface area (Å²) in [6, 6.07) is 0. The standard InChI is InChI=1S/C7H16N2S/c8-4-2-1-3-6-5-7(9)10-6/h6-7H,1-5,8-9H2. The Hall–Kier alpha value is 0.270. The van der Waals surface area contributed by atoms with Gasteiger partial charge in [0.25, 0.3) is 0 Å². The van der Waals surface area contributed by atoms with Crippen molar-refractivity contribution in [2.45, 2.75) is 36.3 Å². The second-order valence-corrected chi connectivity index (χ2v) is 4.36. The van der Waals surface area contributed by atoms with Crippen molar-refractivity contribution < 1.29 is 0 Å². The molecule has 2 nitrogen and oxygen atoms in total. The fourth-order valence-electron chi connectivity index (χ4n) is 1.20. The molecule has 1 rings (SSSR count). The molecule has 1 saturated heterocycles. The van der Waals surface area contributed by atoms with Gasteiger partial charge < -0.3 is 11.5 Å². The first kappa shape index (κ1) is 8.37. The first-order valence-electron chi connectivity index (χ1n) is 3.94. The maximum absolute atomic E-state index is 5.61. The zero-order valence-corrected chi connectivity index (χ0v) is 7.07. The van der Waals surface area contributed by atoms with Gasteiger partial charge in [-0.25, -0.2) is 0 Å². The van der Waals surface area contributed by atoms with Crippen LogP contribution in [0.2, 0.25) is 0 Å². The predicted octanol–water partition coefficient (Wildman–Crippen LogP) is 0.906. The lowest BCUT2D eigenvalue weighted by molar-refractivity contribution is 0.590. The van der Waals surface area contributed by atoms with E-state index in [1.165, 1.54) is 25.7 Å². The van der Waals surface area contributed by atoms with Crippen LogP contribution in [0.1, 0.15) is 25.7 Å². The predicted molar refractivity (Wildman–Crippen MR) is 46.9 cm³/mol. The van der Waals surface area contributed by atoms with E-state index >= 15 is 0 Å². The van der Waals surface area contributed by atoms with Crippen LogP contribution in [0.4, 0.5) is 0 Å². The first-order chi connectivity index (χ1) is 4.83. The molecule has 0 aliphatic carbocycles. The van der Waals surface area contributed by atoms with Crippen molar-refractivity contribution in [1.29, 1.82) is 0 Å². The Morgan fingerprint density at radius 3 is 2.60 bits per heavy atom. The molecule has 0 amide bonds. The summed E-state index contributed by atoms with van der Waals surface area (Å²) in [5.74, 6) is 0. The Labute approximate surface area is 66.7 Å². The van der Waals surface area contributed by atoms with Crippen LogP contribution >= 0.6 is 11.8 Å². The van der Waals surface area contributed by atoms with Crippen LogP contribution in [0.25, 0.3) is 0 Å². The van der Waals surface area contributed by atoms with Crippen LogP contribution in [-0.2, 0) is 0 Å². The van der Waals surface area contributed by atoms with Crippen molar-refractivity contribution in [3.63, 3.8) is 0 Å². The molecule has 10 heavy (non-hydrogen) atoms. The zero-order valence-electron chi connectivity index (χ0n) is 6.25. The van der Waals surface area contributed by atoms with Gasteiger partial charge in [0.2, 0.25) is 0 Å². The SMILES string of the molecule is NCCCCC1CC(N)S1. The van der Waals surface area contributed by atoms with E-state index in [1.807, 2.05) is 11.8 Å². The van der Waals surface area contributed by atoms with E-state index in [9.17, 15) is 0 Å². The van der Waals surface area contributed by atoms with Gasteiger partial charge in [-0.3, -0.25) is 0 Å². The maximum atomic E-state index is 5.61. The lowest BCUT2D eigenvalue weighted by atomic mass is 10.1. The number of hydrogen-bond acceptors (Lipinski definition) is 3. The van der Waals surface area contributed by atoms with Crippen molar-refractivity contribution >= 4 is 11.8 Å². The van der Waals surface area contributed by atoms with Gasteiger partial charge in [-0.2, -0.15) is 0 Å². The van der Waals surface area contributed by atoms with Crippen LogP contribution in [0, 0.1) is 0 Å². The highest BCUT2D eigenvalue weighted by molar-refractivity contribution is 8.01. The molecule has 0 bridgehead atoms. The smallest absolute Gasteiger partial charge is 0.0520 e. The van der Waals surface area contributed by atoms with Crippen molar-refractivity contribution in [2.75, 3.05) is 6.54 Å². The summed E-state index contributed by atoms with van der Waals surface area (Å²) in [7, 11) is 0. The van der Waals surface area contributed by atoms with Gasteiger partial charge in [0, 0.05) is 5.25 Å². The van der Waals surface area contributed by atoms with Gasteiger partial charge in [0.15, 0.2) is 0 Å². The minimum absolute atomic E-state index is 0.433. The van der Waals surface area contributed by atoms with Crippen LogP contribution in [0.5, 0.6) is 0 Å². The lowest BCUT2D eigenvalue weighted by Gasteiger charge is -2.31. The quantitative estimate of drug-likeness (QED) is 0.601. The average Bonchev–Trinajstić information content (AvgIpc) is 1.85. The van der Waals surface area contributed by atoms with Gasteiger partial charge in [-0.1, -0.05) is 6.42 Å². The molecule has 1 fully saturated rings. The molecule has 60 valence electrons. The normalized spacial score (nSPS) is 31.8. The van der Waals surface area contributed by atoms with Crippen molar-refractivity contribution in [1.82, 2.24) is 0 Å². The third-order valence-electron chi connectivity index (χ3n) is 1.84. The molecule has 0 aromatic rings. The lowest BCUT2D eigenvalue weighted by Crippen LogP contribution is -2.33. The van der Waals surface area contributed by atoms with Crippen LogP contribution in [-0.4, -0.2) is 17.2 Å². The number of nitrogens with two attached hydrogens (primary N) is 2. The van der Waals surface area contributed by atoms with Gasteiger partial charge in [-0.15, -0.1) is 11.8 Å². The second kappa shape index (κ2) is 4.21. The largest absolute Gasteiger partial charge is 0.330 e. The summed E-state index contributed by atoms with van der Waals surface area (Å²) in [6.45, 7) is 0.837. The Kier molecular flexibility index (Phi) is 3.52. The molecule has 3 heteroatoms. The minimum Gasteiger partial charge on any atom is -0.330 e. The molecule has 0 saturated carbocycles. The van der Waals surface area contributed by atoms with Crippen LogP contribution < -0.4 is 11.5 Å². The minimum atomic E-state index is 0.433. The van der Waals surface area contributed by atoms with E-state index in [4.69, 9.17) is 11.5 Å². The van der Waals surface area contributed by atoms with Crippen molar-refractivity contribution in [3.8, 4) is 0 Å². The number of thioether (sulfide) groups is 1. The molecule has 1 aliphatic heterocycles. The van der Waals surface area contributed by atoms with E-state index in [0.717, 1.165) is 11.8 Å². The molecule has 1 heterocycles. The van der Waals surface area contributed by atoms with E-state index in [2.05, 4.69) is 0 Å².